The Balaban J connectivity index is 2.56. The zero-order valence-electron chi connectivity index (χ0n) is 14.3. The van der Waals surface area contributed by atoms with Crippen LogP contribution in [0.15, 0.2) is 0 Å². The van der Waals surface area contributed by atoms with Gasteiger partial charge in [0.2, 0.25) is 5.91 Å². The maximum atomic E-state index is 12.2. The number of esters is 1. The van der Waals surface area contributed by atoms with Crippen LogP contribution in [0.1, 0.15) is 40.5 Å². The normalized spacial score (nSPS) is 22.7. The molecule has 1 saturated heterocycles. The van der Waals surface area contributed by atoms with Crippen LogP contribution in [0.2, 0.25) is 0 Å². The molecule has 132 valence electrons. The second kappa shape index (κ2) is 8.14. The first-order valence-electron chi connectivity index (χ1n) is 7.63. The third-order valence-electron chi connectivity index (χ3n) is 3.21. The molecular formula is C15H26N2O6. The number of carbonyl (C=O) groups is 3. The second-order valence-electron chi connectivity index (χ2n) is 6.44. The molecule has 1 aliphatic rings. The molecule has 23 heavy (non-hydrogen) atoms. The van der Waals surface area contributed by atoms with E-state index >= 15 is 0 Å². The number of amides is 2. The van der Waals surface area contributed by atoms with Crippen LogP contribution in [-0.4, -0.2) is 55.5 Å². The van der Waals surface area contributed by atoms with Gasteiger partial charge in [-0.05, 0) is 40.5 Å². The van der Waals surface area contributed by atoms with Crippen LogP contribution in [0.25, 0.3) is 0 Å². The molecule has 0 aromatic carbocycles. The van der Waals surface area contributed by atoms with Crippen molar-refractivity contribution in [3.05, 3.63) is 0 Å². The van der Waals surface area contributed by atoms with E-state index in [-0.39, 0.29) is 0 Å². The molecule has 1 fully saturated rings. The van der Waals surface area contributed by atoms with Gasteiger partial charge in [-0.3, -0.25) is 4.79 Å². The molecule has 0 aromatic rings. The van der Waals surface area contributed by atoms with Crippen LogP contribution in [-0.2, 0) is 23.8 Å². The largest absolute Gasteiger partial charge is 0.467 e. The van der Waals surface area contributed by atoms with Crippen molar-refractivity contribution in [1.29, 1.82) is 0 Å². The molecule has 8 heteroatoms. The highest BCUT2D eigenvalue weighted by atomic mass is 16.6. The predicted molar refractivity (Wildman–Crippen MR) is 81.8 cm³/mol. The Bertz CT molecular complexity index is 446. The summed E-state index contributed by atoms with van der Waals surface area (Å²) in [5.74, 6) is -0.942. The third kappa shape index (κ3) is 6.43. The van der Waals surface area contributed by atoms with Crippen LogP contribution in [0, 0.1) is 0 Å². The second-order valence-corrected chi connectivity index (χ2v) is 6.44. The summed E-state index contributed by atoms with van der Waals surface area (Å²) in [7, 11) is 1.27. The fraction of sp³-hybridized carbons (Fsp3) is 0.800. The number of methoxy groups -OCH3 is 1. The number of rotatable bonds is 4. The van der Waals surface area contributed by atoms with Crippen LogP contribution >= 0.6 is 0 Å². The lowest BCUT2D eigenvalue weighted by molar-refractivity contribution is -0.159. The summed E-state index contributed by atoms with van der Waals surface area (Å²) < 4.78 is 15.1. The van der Waals surface area contributed by atoms with Crippen LogP contribution in [0.5, 0.6) is 0 Å². The smallest absolute Gasteiger partial charge is 0.408 e. The predicted octanol–water partition coefficient (Wildman–Crippen LogP) is 0.736. The van der Waals surface area contributed by atoms with Gasteiger partial charge in [-0.15, -0.1) is 0 Å². The maximum Gasteiger partial charge on any atom is 0.408 e. The van der Waals surface area contributed by atoms with E-state index in [1.807, 2.05) is 0 Å². The van der Waals surface area contributed by atoms with Crippen molar-refractivity contribution in [2.45, 2.75) is 64.3 Å². The average molecular weight is 330 g/mol. The molecule has 0 aromatic heterocycles. The standard InChI is InChI=1S/C15H26N2O6/c1-9(16-14(20)23-15(2,3)4)12(18)17-10-7-6-8-22-11(10)13(19)21-5/h9-11H,6-8H2,1-5H3,(H,16,20)(H,17,18)/t9-,10+,11+/m1/s1. The summed E-state index contributed by atoms with van der Waals surface area (Å²) in [6.07, 6.45) is -0.173. The Morgan fingerprint density at radius 1 is 1.26 bits per heavy atom. The minimum absolute atomic E-state index is 0.416. The lowest BCUT2D eigenvalue weighted by Crippen LogP contribution is -2.55. The monoisotopic (exact) mass is 330 g/mol. The van der Waals surface area contributed by atoms with E-state index in [2.05, 4.69) is 15.4 Å². The van der Waals surface area contributed by atoms with E-state index in [0.717, 1.165) is 6.42 Å². The molecule has 0 unspecified atom stereocenters. The number of carbonyl (C=O) groups excluding carboxylic acids is 3. The highest BCUT2D eigenvalue weighted by molar-refractivity contribution is 5.86. The van der Waals surface area contributed by atoms with Gasteiger partial charge >= 0.3 is 12.1 Å². The Morgan fingerprint density at radius 3 is 2.48 bits per heavy atom. The van der Waals surface area contributed by atoms with Gasteiger partial charge in [0.05, 0.1) is 13.2 Å². The first kappa shape index (κ1) is 19.2. The molecule has 0 aliphatic carbocycles. The minimum Gasteiger partial charge on any atom is -0.467 e. The number of hydrogen-bond acceptors (Lipinski definition) is 6. The Morgan fingerprint density at radius 2 is 1.91 bits per heavy atom. The third-order valence-corrected chi connectivity index (χ3v) is 3.21. The van der Waals surface area contributed by atoms with Crippen LogP contribution in [0.3, 0.4) is 0 Å². The van der Waals surface area contributed by atoms with Gasteiger partial charge in [-0.25, -0.2) is 9.59 Å². The lowest BCUT2D eigenvalue weighted by atomic mass is 10.0. The molecule has 8 nitrogen and oxygen atoms in total. The van der Waals surface area contributed by atoms with Crippen molar-refractivity contribution in [2.24, 2.45) is 0 Å². The summed E-state index contributed by atoms with van der Waals surface area (Å²) in [6, 6.07) is -1.28. The van der Waals surface area contributed by atoms with Crippen LogP contribution < -0.4 is 10.6 Å². The topological polar surface area (TPSA) is 103 Å². The van der Waals surface area contributed by atoms with Gasteiger partial charge < -0.3 is 24.8 Å². The van der Waals surface area contributed by atoms with Gasteiger partial charge in [0.1, 0.15) is 11.6 Å². The molecule has 3 atom stereocenters. The minimum atomic E-state index is -0.827. The molecule has 1 aliphatic heterocycles. The summed E-state index contributed by atoms with van der Waals surface area (Å²) in [5, 5.41) is 5.17. The average Bonchev–Trinajstić information content (AvgIpc) is 2.44. The Kier molecular flexibility index (Phi) is 6.80. The first-order valence-corrected chi connectivity index (χ1v) is 7.63. The van der Waals surface area contributed by atoms with Gasteiger partial charge in [0.15, 0.2) is 6.10 Å². The zero-order valence-corrected chi connectivity index (χ0v) is 14.3. The first-order chi connectivity index (χ1) is 10.6. The summed E-state index contributed by atoms with van der Waals surface area (Å²) >= 11 is 0. The van der Waals surface area contributed by atoms with Gasteiger partial charge in [0.25, 0.3) is 0 Å². The molecular weight excluding hydrogens is 304 g/mol. The molecule has 2 N–H and O–H groups in total. The molecule has 1 rings (SSSR count). The molecule has 0 radical (unpaired) electrons. The van der Waals surface area contributed by atoms with Crippen LogP contribution in [0.4, 0.5) is 4.79 Å². The Hall–Kier alpha value is -1.83. The lowest BCUT2D eigenvalue weighted by Gasteiger charge is -2.31. The quantitative estimate of drug-likeness (QED) is 0.737. The van der Waals surface area contributed by atoms with E-state index in [1.165, 1.54) is 14.0 Å². The van der Waals surface area contributed by atoms with Crippen molar-refractivity contribution in [2.75, 3.05) is 13.7 Å². The molecule has 0 spiro atoms. The van der Waals surface area contributed by atoms with Crippen molar-refractivity contribution in [3.8, 4) is 0 Å². The summed E-state index contributed by atoms with van der Waals surface area (Å²) in [6.45, 7) is 7.18. The van der Waals surface area contributed by atoms with Crippen molar-refractivity contribution in [3.63, 3.8) is 0 Å². The number of nitrogens with one attached hydrogen (secondary N) is 2. The van der Waals surface area contributed by atoms with E-state index in [4.69, 9.17) is 9.47 Å². The van der Waals surface area contributed by atoms with Gasteiger partial charge in [-0.2, -0.15) is 0 Å². The SMILES string of the molecule is COC(=O)[C@H]1OCCC[C@@H]1NC(=O)[C@@H](C)NC(=O)OC(C)(C)C. The van der Waals surface area contributed by atoms with Gasteiger partial charge in [0, 0.05) is 6.61 Å². The van der Waals surface area contributed by atoms with Crippen molar-refractivity contribution in [1.82, 2.24) is 10.6 Å². The van der Waals surface area contributed by atoms with Crippen molar-refractivity contribution >= 4 is 18.0 Å². The summed E-state index contributed by atoms with van der Waals surface area (Å²) in [5.41, 5.74) is -0.645. The molecule has 2 amide bonds. The summed E-state index contributed by atoms with van der Waals surface area (Å²) in [4.78, 5) is 35.5. The molecule has 1 heterocycles. The van der Waals surface area contributed by atoms with Gasteiger partial charge in [-0.1, -0.05) is 0 Å². The number of hydrogen-bond donors (Lipinski definition) is 2. The number of ether oxygens (including phenoxy) is 3. The molecule has 0 bridgehead atoms. The highest BCUT2D eigenvalue weighted by Gasteiger charge is 2.35. The molecule has 0 saturated carbocycles. The fourth-order valence-electron chi connectivity index (χ4n) is 2.13. The van der Waals surface area contributed by atoms with E-state index in [1.54, 1.807) is 20.8 Å². The maximum absolute atomic E-state index is 12.2. The van der Waals surface area contributed by atoms with Crippen molar-refractivity contribution < 1.29 is 28.6 Å². The Labute approximate surface area is 136 Å². The zero-order chi connectivity index (χ0) is 17.6. The van der Waals surface area contributed by atoms with E-state index in [9.17, 15) is 14.4 Å². The fourth-order valence-corrected chi connectivity index (χ4v) is 2.13. The number of alkyl carbamates (subject to hydrolysis) is 1. The van der Waals surface area contributed by atoms with E-state index < -0.39 is 41.8 Å². The highest BCUT2D eigenvalue weighted by Crippen LogP contribution is 2.15. The van der Waals surface area contributed by atoms with E-state index in [0.29, 0.717) is 13.0 Å².